The number of fused-ring (bicyclic) bond motifs is 4. The fraction of sp³-hybridized carbons (Fsp3) is 0.0938. The van der Waals surface area contributed by atoms with E-state index in [0.717, 1.165) is 22.2 Å². The maximum Gasteiger partial charge on any atom is 0.293 e. The van der Waals surface area contributed by atoms with E-state index in [1.165, 1.54) is 23.5 Å². The van der Waals surface area contributed by atoms with Crippen LogP contribution in [0.5, 0.6) is 0 Å². The lowest BCUT2D eigenvalue weighted by Crippen LogP contribution is -2.35. The molecule has 0 saturated carbocycles. The van der Waals surface area contributed by atoms with E-state index in [1.807, 2.05) is 6.07 Å². The van der Waals surface area contributed by atoms with Gasteiger partial charge in [-0.2, -0.15) is 4.57 Å². The summed E-state index contributed by atoms with van der Waals surface area (Å²) in [6, 6.07) is 18.1. The van der Waals surface area contributed by atoms with Crippen LogP contribution in [-0.4, -0.2) is 33.3 Å². The van der Waals surface area contributed by atoms with Gasteiger partial charge in [0.2, 0.25) is 11.3 Å². The number of aryl methyl sites for hydroxylation is 1. The highest BCUT2D eigenvalue weighted by Crippen LogP contribution is 2.43. The molecule has 0 saturated heterocycles. The van der Waals surface area contributed by atoms with Gasteiger partial charge in [0.05, 0.1) is 22.4 Å². The minimum absolute atomic E-state index is 0.145. The zero-order chi connectivity index (χ0) is 30.5. The number of H-pyrrole nitrogens is 1. The van der Waals surface area contributed by atoms with Crippen LogP contribution in [0.15, 0.2) is 79.3 Å². The Hall–Kier alpha value is -5.00. The lowest BCUT2D eigenvalue weighted by Gasteiger charge is -2.22. The number of hydrogen-bond donors (Lipinski definition) is 2. The topological polar surface area (TPSA) is 94.9 Å². The van der Waals surface area contributed by atoms with E-state index >= 15 is 0 Å². The highest BCUT2D eigenvalue weighted by molar-refractivity contribution is 7.17. The normalized spacial score (nSPS) is 12.5. The number of carbonyl (C=O) groups excluding carboxylic acids is 2. The summed E-state index contributed by atoms with van der Waals surface area (Å²) in [4.78, 5) is 41.7. The lowest BCUT2D eigenvalue weighted by molar-refractivity contribution is -0.571. The smallest absolute Gasteiger partial charge is 0.293 e. The van der Waals surface area contributed by atoms with Gasteiger partial charge in [0.15, 0.2) is 11.8 Å². The van der Waals surface area contributed by atoms with Crippen molar-refractivity contribution >= 4 is 57.3 Å². The van der Waals surface area contributed by atoms with E-state index in [1.54, 1.807) is 71.2 Å². The van der Waals surface area contributed by atoms with Crippen LogP contribution < -0.4 is 14.8 Å². The van der Waals surface area contributed by atoms with Crippen LogP contribution in [0, 0.1) is 18.6 Å². The number of nitrogens with zero attached hydrogens (tertiary/aromatic N) is 4. The molecule has 1 aliphatic heterocycles. The van der Waals surface area contributed by atoms with Gasteiger partial charge < -0.3 is 10.2 Å². The van der Waals surface area contributed by atoms with Crippen LogP contribution in [-0.2, 0) is 6.42 Å². The van der Waals surface area contributed by atoms with E-state index in [2.05, 4.69) is 20.3 Å². The van der Waals surface area contributed by atoms with E-state index < -0.39 is 17.5 Å². The molecule has 2 N–H and O–H groups in total. The van der Waals surface area contributed by atoms with Crippen LogP contribution in [0.25, 0.3) is 27.4 Å². The average Bonchev–Trinajstić information content (AvgIpc) is 3.60. The number of thiophene rings is 1. The number of para-hydroxylation sites is 1. The molecule has 8 nitrogen and oxygen atoms in total. The van der Waals surface area contributed by atoms with Crippen molar-refractivity contribution in [3.05, 3.63) is 118 Å². The molecule has 2 amide bonds. The second-order valence-electron chi connectivity index (χ2n) is 10.3. The SMILES string of the molecule is Cc1cccc(F)c1NC(=O)c1cc2c(s1)-c1ccc(Cl)cc1N(C(=O)c1cccc(-[n+]3c[nH]c4ncc(F)cc43)n1)CC2. The minimum Gasteiger partial charge on any atom is -0.319 e. The summed E-state index contributed by atoms with van der Waals surface area (Å²) in [5, 5.41) is 3.15. The van der Waals surface area contributed by atoms with Crippen molar-refractivity contribution in [1.82, 2.24) is 15.0 Å². The summed E-state index contributed by atoms with van der Waals surface area (Å²) in [6.45, 7) is 2.03. The number of amides is 2. The van der Waals surface area contributed by atoms with E-state index in [9.17, 15) is 18.4 Å². The number of nitrogens with one attached hydrogen (secondary N) is 2. The number of carbonyl (C=O) groups is 2. The van der Waals surface area contributed by atoms with E-state index in [0.29, 0.717) is 51.1 Å². The van der Waals surface area contributed by atoms with Crippen molar-refractivity contribution < 1.29 is 22.9 Å². The van der Waals surface area contributed by atoms with Crippen molar-refractivity contribution in [2.75, 3.05) is 16.8 Å². The Morgan fingerprint density at radius 3 is 2.77 bits per heavy atom. The molecule has 2 aromatic carbocycles. The molecule has 12 heteroatoms. The number of aromatic nitrogens is 4. The van der Waals surface area contributed by atoms with Crippen molar-refractivity contribution in [3.8, 4) is 16.3 Å². The van der Waals surface area contributed by atoms with Crippen molar-refractivity contribution in [2.45, 2.75) is 13.3 Å². The Morgan fingerprint density at radius 2 is 1.93 bits per heavy atom. The summed E-state index contributed by atoms with van der Waals surface area (Å²) >= 11 is 7.69. The summed E-state index contributed by atoms with van der Waals surface area (Å²) in [5.74, 6) is -1.34. The Labute approximate surface area is 258 Å². The predicted octanol–water partition coefficient (Wildman–Crippen LogP) is 6.66. The molecule has 0 radical (unpaired) electrons. The first-order chi connectivity index (χ1) is 21.3. The van der Waals surface area contributed by atoms with Crippen LogP contribution >= 0.6 is 22.9 Å². The number of aromatic amines is 1. The van der Waals surface area contributed by atoms with Crippen LogP contribution in [0.1, 0.15) is 31.3 Å². The van der Waals surface area contributed by atoms with Crippen molar-refractivity contribution in [2.24, 2.45) is 0 Å². The van der Waals surface area contributed by atoms with Crippen LogP contribution in [0.4, 0.5) is 20.2 Å². The molecule has 0 aliphatic carbocycles. The number of halogens is 3. The molecule has 4 aromatic heterocycles. The number of benzene rings is 2. The Bertz CT molecular complexity index is 2110. The Kier molecular flexibility index (Phi) is 6.91. The summed E-state index contributed by atoms with van der Waals surface area (Å²) in [7, 11) is 0. The highest BCUT2D eigenvalue weighted by atomic mass is 35.5. The van der Waals surface area contributed by atoms with Gasteiger partial charge >= 0.3 is 0 Å². The monoisotopic (exact) mass is 627 g/mol. The maximum atomic E-state index is 14.4. The first-order valence-electron chi connectivity index (χ1n) is 13.6. The molecule has 218 valence electrons. The highest BCUT2D eigenvalue weighted by Gasteiger charge is 2.30. The first kappa shape index (κ1) is 27.8. The van der Waals surface area contributed by atoms with E-state index in [4.69, 9.17) is 11.6 Å². The standard InChI is InChI=1S/C32H21ClF2N6O2S/c1-17-4-2-5-22(35)28(17)39-31(42)26-12-18-10-11-40(24-13-19(33)8-9-21(24)29(18)44-26)32(43)23-6-3-7-27(38-23)41-16-37-30-25(41)14-20(34)15-36-30/h2-9,12-16H,10-11H2,1H3,(H,39,42)/p+1. The molecule has 6 aromatic rings. The van der Waals surface area contributed by atoms with Gasteiger partial charge in [0.1, 0.15) is 11.6 Å². The molecule has 7 rings (SSSR count). The van der Waals surface area contributed by atoms with Gasteiger partial charge in [-0.1, -0.05) is 34.8 Å². The fourth-order valence-electron chi connectivity index (χ4n) is 5.33. The number of imidazole rings is 1. The van der Waals surface area contributed by atoms with Gasteiger partial charge in [0.25, 0.3) is 17.6 Å². The Morgan fingerprint density at radius 1 is 1.09 bits per heavy atom. The zero-order valence-electron chi connectivity index (χ0n) is 23.1. The van der Waals surface area contributed by atoms with Crippen molar-refractivity contribution in [3.63, 3.8) is 0 Å². The predicted molar refractivity (Wildman–Crippen MR) is 165 cm³/mol. The molecule has 0 unspecified atom stereocenters. The van der Waals surface area contributed by atoms with Crippen LogP contribution in [0.3, 0.4) is 0 Å². The van der Waals surface area contributed by atoms with Gasteiger partial charge in [0, 0.05) is 34.1 Å². The quantitative estimate of drug-likeness (QED) is 0.214. The third kappa shape index (κ3) is 4.89. The first-order valence-corrected chi connectivity index (χ1v) is 14.8. The zero-order valence-corrected chi connectivity index (χ0v) is 24.6. The second kappa shape index (κ2) is 10.9. The lowest BCUT2D eigenvalue weighted by atomic mass is 10.1. The van der Waals surface area contributed by atoms with Crippen molar-refractivity contribution in [1.29, 1.82) is 0 Å². The molecule has 0 fully saturated rings. The number of rotatable bonds is 4. The third-order valence-corrected chi connectivity index (χ3v) is 8.91. The summed E-state index contributed by atoms with van der Waals surface area (Å²) in [5.41, 5.74) is 4.11. The summed E-state index contributed by atoms with van der Waals surface area (Å²) in [6.07, 6.45) is 3.18. The average molecular weight is 628 g/mol. The van der Waals surface area contributed by atoms with Gasteiger partial charge in [-0.3, -0.25) is 14.6 Å². The minimum atomic E-state index is -0.504. The molecule has 1 aliphatic rings. The van der Waals surface area contributed by atoms with Crippen LogP contribution in [0.2, 0.25) is 5.02 Å². The molecular weight excluding hydrogens is 606 g/mol. The summed E-state index contributed by atoms with van der Waals surface area (Å²) < 4.78 is 30.0. The number of hydrogen-bond acceptors (Lipinski definition) is 5. The molecular formula is C32H22ClF2N6O2S+. The van der Waals surface area contributed by atoms with E-state index in [-0.39, 0.29) is 17.3 Å². The molecule has 44 heavy (non-hydrogen) atoms. The van der Waals surface area contributed by atoms with Gasteiger partial charge in [-0.05, 0) is 60.9 Å². The molecule has 0 spiro atoms. The molecule has 0 bridgehead atoms. The van der Waals surface area contributed by atoms with Gasteiger partial charge in [-0.25, -0.2) is 13.8 Å². The molecule has 0 atom stereocenters. The largest absolute Gasteiger partial charge is 0.319 e. The maximum absolute atomic E-state index is 14.4. The van der Waals surface area contributed by atoms with Gasteiger partial charge in [-0.15, -0.1) is 11.3 Å². The second-order valence-corrected chi connectivity index (χ2v) is 11.8. The fourth-order valence-corrected chi connectivity index (χ4v) is 6.63. The molecule has 5 heterocycles. The third-order valence-electron chi connectivity index (χ3n) is 7.46. The number of pyridine rings is 2. The number of anilines is 2. The Balaban J connectivity index is 1.23.